The van der Waals surface area contributed by atoms with Crippen molar-refractivity contribution in [1.82, 2.24) is 5.43 Å². The number of hydrogen-bond donors (Lipinski definition) is 2. The second-order valence-electron chi connectivity index (χ2n) is 2.74. The maximum absolute atomic E-state index is 13.1. The number of halogens is 2. The van der Waals surface area contributed by atoms with E-state index in [1.165, 1.54) is 12.1 Å². The van der Waals surface area contributed by atoms with Gasteiger partial charge in [0.25, 0.3) is 0 Å². The molecule has 0 bridgehead atoms. The van der Waals surface area contributed by atoms with Gasteiger partial charge in [0.1, 0.15) is 11.6 Å². The van der Waals surface area contributed by atoms with Crippen molar-refractivity contribution in [2.24, 2.45) is 5.84 Å². The van der Waals surface area contributed by atoms with Crippen molar-refractivity contribution in [3.05, 3.63) is 29.8 Å². The van der Waals surface area contributed by atoms with Gasteiger partial charge in [-0.15, -0.1) is 11.8 Å². The Balaban J connectivity index is 2.47. The van der Waals surface area contributed by atoms with E-state index in [2.05, 4.69) is 0 Å². The second kappa shape index (κ2) is 5.67. The third kappa shape index (κ3) is 3.85. The lowest BCUT2D eigenvalue weighted by molar-refractivity contribution is -0.120. The molecule has 0 spiro atoms. The quantitative estimate of drug-likeness (QED) is 0.357. The number of amides is 1. The van der Waals surface area contributed by atoms with Crippen molar-refractivity contribution in [3.63, 3.8) is 0 Å². The minimum absolute atomic E-state index is 0.192. The summed E-state index contributed by atoms with van der Waals surface area (Å²) in [5, 5.41) is 0. The van der Waals surface area contributed by atoms with Crippen molar-refractivity contribution in [2.75, 3.05) is 5.75 Å². The van der Waals surface area contributed by atoms with Crippen LogP contribution in [0.1, 0.15) is 6.42 Å². The average molecular weight is 232 g/mol. The number of rotatable bonds is 4. The molecule has 1 aromatic rings. The fourth-order valence-corrected chi connectivity index (χ4v) is 1.79. The van der Waals surface area contributed by atoms with E-state index in [1.807, 2.05) is 5.43 Å². The number of hydrogen-bond acceptors (Lipinski definition) is 3. The molecule has 3 nitrogen and oxygen atoms in total. The SMILES string of the molecule is NNC(=O)CCSc1ccc(F)cc1F. The molecule has 6 heteroatoms. The minimum Gasteiger partial charge on any atom is -0.294 e. The molecule has 0 atom stereocenters. The first-order valence-corrected chi connectivity index (χ1v) is 5.19. The van der Waals surface area contributed by atoms with Crippen LogP contribution in [0.4, 0.5) is 8.78 Å². The normalized spacial score (nSPS) is 10.1. The van der Waals surface area contributed by atoms with E-state index >= 15 is 0 Å². The molecule has 1 amide bonds. The molecule has 1 aromatic carbocycles. The van der Waals surface area contributed by atoms with Crippen molar-refractivity contribution >= 4 is 17.7 Å². The molecule has 1 rings (SSSR count). The van der Waals surface area contributed by atoms with E-state index in [0.29, 0.717) is 10.6 Å². The van der Waals surface area contributed by atoms with E-state index in [9.17, 15) is 13.6 Å². The number of carbonyl (C=O) groups is 1. The lowest BCUT2D eigenvalue weighted by Crippen LogP contribution is -2.30. The van der Waals surface area contributed by atoms with E-state index in [0.717, 1.165) is 17.8 Å². The fraction of sp³-hybridized carbons (Fsp3) is 0.222. The largest absolute Gasteiger partial charge is 0.294 e. The van der Waals surface area contributed by atoms with Gasteiger partial charge in [-0.25, -0.2) is 14.6 Å². The highest BCUT2D eigenvalue weighted by atomic mass is 32.2. The molecule has 0 aliphatic carbocycles. The lowest BCUT2D eigenvalue weighted by atomic mass is 10.3. The summed E-state index contributed by atoms with van der Waals surface area (Å²) in [6.07, 6.45) is 0.192. The zero-order valence-electron chi connectivity index (χ0n) is 7.80. The summed E-state index contributed by atoms with van der Waals surface area (Å²) >= 11 is 1.14. The highest BCUT2D eigenvalue weighted by Gasteiger charge is 2.05. The topological polar surface area (TPSA) is 55.1 Å². The molecular formula is C9H10F2N2OS. The van der Waals surface area contributed by atoms with Gasteiger partial charge in [0, 0.05) is 23.1 Å². The summed E-state index contributed by atoms with van der Waals surface area (Å²) in [5.74, 6) is 3.72. The van der Waals surface area contributed by atoms with Gasteiger partial charge < -0.3 is 0 Å². The molecule has 0 aromatic heterocycles. The molecule has 0 fully saturated rings. The summed E-state index contributed by atoms with van der Waals surface area (Å²) in [7, 11) is 0. The minimum atomic E-state index is -0.617. The van der Waals surface area contributed by atoms with Gasteiger partial charge in [-0.2, -0.15) is 0 Å². The van der Waals surface area contributed by atoms with Crippen LogP contribution in [0.3, 0.4) is 0 Å². The predicted molar refractivity (Wildman–Crippen MR) is 54.0 cm³/mol. The van der Waals surface area contributed by atoms with Crippen molar-refractivity contribution < 1.29 is 13.6 Å². The maximum atomic E-state index is 13.1. The molecule has 0 unspecified atom stereocenters. The zero-order valence-corrected chi connectivity index (χ0v) is 8.61. The zero-order chi connectivity index (χ0) is 11.3. The fourth-order valence-electron chi connectivity index (χ4n) is 0.918. The van der Waals surface area contributed by atoms with Crippen LogP contribution in [0.2, 0.25) is 0 Å². The molecule has 82 valence electrons. The van der Waals surface area contributed by atoms with E-state index in [1.54, 1.807) is 0 Å². The molecule has 0 saturated heterocycles. The summed E-state index contributed by atoms with van der Waals surface area (Å²) < 4.78 is 25.6. The van der Waals surface area contributed by atoms with Crippen LogP contribution in [-0.4, -0.2) is 11.7 Å². The number of benzene rings is 1. The monoisotopic (exact) mass is 232 g/mol. The Morgan fingerprint density at radius 3 is 2.80 bits per heavy atom. The predicted octanol–water partition coefficient (Wildman–Crippen LogP) is 1.44. The van der Waals surface area contributed by atoms with Gasteiger partial charge in [0.15, 0.2) is 0 Å². The van der Waals surface area contributed by atoms with Crippen LogP contribution in [0.15, 0.2) is 23.1 Å². The van der Waals surface area contributed by atoms with E-state index in [4.69, 9.17) is 5.84 Å². The first-order valence-electron chi connectivity index (χ1n) is 4.21. The molecule has 0 aliphatic rings. The van der Waals surface area contributed by atoms with Gasteiger partial charge in [0.05, 0.1) is 0 Å². The van der Waals surface area contributed by atoms with Crippen molar-refractivity contribution in [1.29, 1.82) is 0 Å². The molecule has 15 heavy (non-hydrogen) atoms. The molecule has 0 heterocycles. The Bertz CT molecular complexity index is 360. The highest BCUT2D eigenvalue weighted by Crippen LogP contribution is 2.22. The maximum Gasteiger partial charge on any atom is 0.234 e. The lowest BCUT2D eigenvalue weighted by Gasteiger charge is -2.02. The van der Waals surface area contributed by atoms with Gasteiger partial charge in [-0.05, 0) is 12.1 Å². The number of nitrogens with one attached hydrogen (secondary N) is 1. The molecule has 0 aliphatic heterocycles. The Kier molecular flexibility index (Phi) is 4.51. The third-order valence-electron chi connectivity index (χ3n) is 1.64. The molecule has 3 N–H and O–H groups in total. The smallest absolute Gasteiger partial charge is 0.234 e. The Hall–Kier alpha value is -1.14. The third-order valence-corrected chi connectivity index (χ3v) is 2.69. The summed E-state index contributed by atoms with van der Waals surface area (Å²) in [4.78, 5) is 11.1. The Labute approximate surface area is 90.0 Å². The standard InChI is InChI=1S/C9H10F2N2OS/c10-6-1-2-8(7(11)5-6)15-4-3-9(14)13-12/h1-2,5H,3-4,12H2,(H,13,14). The highest BCUT2D eigenvalue weighted by molar-refractivity contribution is 7.99. The number of carbonyl (C=O) groups excluding carboxylic acids is 1. The summed E-state index contributed by atoms with van der Waals surface area (Å²) in [5.41, 5.74) is 1.97. The summed E-state index contributed by atoms with van der Waals surface area (Å²) in [6.45, 7) is 0. The molecule has 0 radical (unpaired) electrons. The first kappa shape index (κ1) is 11.9. The van der Waals surface area contributed by atoms with E-state index < -0.39 is 11.6 Å². The average Bonchev–Trinajstić information content (AvgIpc) is 2.21. The van der Waals surface area contributed by atoms with Crippen LogP contribution >= 0.6 is 11.8 Å². The molecular weight excluding hydrogens is 222 g/mol. The number of hydrazine groups is 1. The van der Waals surface area contributed by atoms with Crippen LogP contribution in [0.5, 0.6) is 0 Å². The van der Waals surface area contributed by atoms with Gasteiger partial charge in [-0.1, -0.05) is 0 Å². The van der Waals surface area contributed by atoms with Crippen LogP contribution in [-0.2, 0) is 4.79 Å². The van der Waals surface area contributed by atoms with Gasteiger partial charge in [-0.3, -0.25) is 10.2 Å². The number of thioether (sulfide) groups is 1. The molecule has 0 saturated carbocycles. The number of nitrogens with two attached hydrogens (primary N) is 1. The van der Waals surface area contributed by atoms with Crippen molar-refractivity contribution in [2.45, 2.75) is 11.3 Å². The van der Waals surface area contributed by atoms with Gasteiger partial charge in [0.2, 0.25) is 5.91 Å². The van der Waals surface area contributed by atoms with Crippen LogP contribution < -0.4 is 11.3 Å². The first-order chi connectivity index (χ1) is 7.13. The Morgan fingerprint density at radius 1 is 1.47 bits per heavy atom. The van der Waals surface area contributed by atoms with E-state index in [-0.39, 0.29) is 12.3 Å². The second-order valence-corrected chi connectivity index (χ2v) is 3.88. The van der Waals surface area contributed by atoms with Gasteiger partial charge >= 0.3 is 0 Å². The summed E-state index contributed by atoms with van der Waals surface area (Å²) in [6, 6.07) is 3.33. The Morgan fingerprint density at radius 2 is 2.20 bits per heavy atom. The van der Waals surface area contributed by atoms with Crippen LogP contribution in [0.25, 0.3) is 0 Å². The van der Waals surface area contributed by atoms with Crippen molar-refractivity contribution in [3.8, 4) is 0 Å². The van der Waals surface area contributed by atoms with Crippen LogP contribution in [0, 0.1) is 11.6 Å².